The topological polar surface area (TPSA) is 96.2 Å². The first-order valence-electron chi connectivity index (χ1n) is 3.51. The highest BCUT2D eigenvalue weighted by molar-refractivity contribution is 5.78. The van der Waals surface area contributed by atoms with Crippen molar-refractivity contribution >= 4 is 5.97 Å². The molecule has 0 radical (unpaired) electrons. The maximum Gasteiger partial charge on any atom is 0.338 e. The largest absolute Gasteiger partial charge is 0.454 e. The first-order chi connectivity index (χ1) is 5.61. The third-order valence-corrected chi connectivity index (χ3v) is 2.05. The van der Waals surface area contributed by atoms with Crippen LogP contribution in [0.2, 0.25) is 0 Å². The molecular formula is C6H8O6. The van der Waals surface area contributed by atoms with E-state index in [0.717, 1.165) is 0 Å². The summed E-state index contributed by atoms with van der Waals surface area (Å²) in [7, 11) is 0. The number of aliphatic hydroxyl groups is 3. The molecular weight excluding hydrogens is 168 g/mol. The minimum Gasteiger partial charge on any atom is -0.454 e. The van der Waals surface area contributed by atoms with Gasteiger partial charge in [0.05, 0.1) is 0 Å². The fourth-order valence-corrected chi connectivity index (χ4v) is 1.40. The average molecular weight is 176 g/mol. The van der Waals surface area contributed by atoms with Crippen molar-refractivity contribution in [2.75, 3.05) is 0 Å². The van der Waals surface area contributed by atoms with Crippen molar-refractivity contribution in [2.24, 2.45) is 0 Å². The number of rotatable bonds is 0. The fourth-order valence-electron chi connectivity index (χ4n) is 1.40. The summed E-state index contributed by atoms with van der Waals surface area (Å²) in [5, 5.41) is 27.2. The van der Waals surface area contributed by atoms with E-state index in [2.05, 4.69) is 9.47 Å². The van der Waals surface area contributed by atoms with E-state index in [1.165, 1.54) is 0 Å². The van der Waals surface area contributed by atoms with Crippen LogP contribution in [0.15, 0.2) is 0 Å². The first-order valence-corrected chi connectivity index (χ1v) is 3.51. The molecule has 2 saturated heterocycles. The average Bonchev–Trinajstić information content (AvgIpc) is 2.43. The van der Waals surface area contributed by atoms with E-state index in [1.54, 1.807) is 0 Å². The summed E-state index contributed by atoms with van der Waals surface area (Å²) < 4.78 is 9.25. The Labute approximate surface area is 67.3 Å². The summed E-state index contributed by atoms with van der Waals surface area (Å²) >= 11 is 0. The van der Waals surface area contributed by atoms with Crippen molar-refractivity contribution in [1.82, 2.24) is 0 Å². The number of aliphatic hydroxyl groups excluding tert-OH is 3. The number of hydrogen-bond donors (Lipinski definition) is 3. The Balaban J connectivity index is 2.19. The second-order valence-electron chi connectivity index (χ2n) is 2.83. The van der Waals surface area contributed by atoms with Crippen LogP contribution in [0, 0.1) is 0 Å². The number of fused-ring (bicyclic) bond motifs is 1. The Hall–Kier alpha value is -0.690. The molecule has 0 aromatic heterocycles. The summed E-state index contributed by atoms with van der Waals surface area (Å²) in [5.41, 5.74) is 0. The molecule has 2 heterocycles. The molecule has 2 aliphatic rings. The third kappa shape index (κ3) is 0.862. The summed E-state index contributed by atoms with van der Waals surface area (Å²) in [5.74, 6) is -0.823. The zero-order chi connectivity index (χ0) is 8.88. The monoisotopic (exact) mass is 176 g/mol. The van der Waals surface area contributed by atoms with E-state index in [9.17, 15) is 4.79 Å². The maximum absolute atomic E-state index is 10.7. The summed E-state index contributed by atoms with van der Waals surface area (Å²) in [6, 6.07) is 0. The summed E-state index contributed by atoms with van der Waals surface area (Å²) in [4.78, 5) is 10.7. The SMILES string of the molecule is O=C1OC2C(O)C(O)OC2C1O. The zero-order valence-electron chi connectivity index (χ0n) is 5.95. The van der Waals surface area contributed by atoms with Crippen molar-refractivity contribution in [3.05, 3.63) is 0 Å². The molecule has 5 unspecified atom stereocenters. The number of carbonyl (C=O) groups is 1. The van der Waals surface area contributed by atoms with E-state index >= 15 is 0 Å². The van der Waals surface area contributed by atoms with Gasteiger partial charge in [0.1, 0.15) is 12.2 Å². The van der Waals surface area contributed by atoms with Crippen molar-refractivity contribution in [1.29, 1.82) is 0 Å². The Morgan fingerprint density at radius 2 is 1.83 bits per heavy atom. The maximum atomic E-state index is 10.7. The minimum absolute atomic E-state index is 0.823. The van der Waals surface area contributed by atoms with E-state index in [-0.39, 0.29) is 0 Å². The molecule has 6 heteroatoms. The molecule has 0 aliphatic carbocycles. The molecule has 2 rings (SSSR count). The highest BCUT2D eigenvalue weighted by Crippen LogP contribution is 2.30. The van der Waals surface area contributed by atoms with Crippen LogP contribution in [0.5, 0.6) is 0 Å². The first kappa shape index (κ1) is 7.93. The molecule has 0 saturated carbocycles. The summed E-state index contributed by atoms with van der Waals surface area (Å²) in [6.45, 7) is 0. The van der Waals surface area contributed by atoms with E-state index < -0.39 is 36.7 Å². The molecule has 0 amide bonds. The van der Waals surface area contributed by atoms with Gasteiger partial charge in [0.25, 0.3) is 0 Å². The number of hydrogen-bond acceptors (Lipinski definition) is 6. The lowest BCUT2D eigenvalue weighted by Crippen LogP contribution is -2.32. The Bertz CT molecular complexity index is 216. The van der Waals surface area contributed by atoms with Crippen LogP contribution in [0.25, 0.3) is 0 Å². The molecule has 0 spiro atoms. The van der Waals surface area contributed by atoms with E-state index in [1.807, 2.05) is 0 Å². The lowest BCUT2D eigenvalue weighted by molar-refractivity contribution is -0.168. The molecule has 5 atom stereocenters. The zero-order valence-corrected chi connectivity index (χ0v) is 5.95. The van der Waals surface area contributed by atoms with Gasteiger partial charge in [-0.3, -0.25) is 0 Å². The number of carbonyl (C=O) groups excluding carboxylic acids is 1. The van der Waals surface area contributed by atoms with E-state index in [4.69, 9.17) is 15.3 Å². The molecule has 2 aliphatic heterocycles. The fraction of sp³-hybridized carbons (Fsp3) is 0.833. The number of ether oxygens (including phenoxy) is 2. The van der Waals surface area contributed by atoms with Crippen molar-refractivity contribution < 1.29 is 29.6 Å². The van der Waals surface area contributed by atoms with Gasteiger partial charge in [-0.1, -0.05) is 0 Å². The Morgan fingerprint density at radius 1 is 1.17 bits per heavy atom. The molecule has 2 fully saturated rings. The van der Waals surface area contributed by atoms with Crippen molar-refractivity contribution in [3.8, 4) is 0 Å². The van der Waals surface area contributed by atoms with Crippen LogP contribution in [-0.4, -0.2) is 52.0 Å². The molecule has 6 nitrogen and oxygen atoms in total. The highest BCUT2D eigenvalue weighted by atomic mass is 16.7. The third-order valence-electron chi connectivity index (χ3n) is 2.05. The van der Waals surface area contributed by atoms with Gasteiger partial charge in [-0.05, 0) is 0 Å². The lowest BCUT2D eigenvalue weighted by atomic mass is 10.1. The molecule has 0 aromatic carbocycles. The smallest absolute Gasteiger partial charge is 0.338 e. The molecule has 3 N–H and O–H groups in total. The Morgan fingerprint density at radius 3 is 2.42 bits per heavy atom. The van der Waals surface area contributed by atoms with Crippen LogP contribution in [0.3, 0.4) is 0 Å². The Kier molecular flexibility index (Phi) is 1.58. The molecule has 0 bridgehead atoms. The van der Waals surface area contributed by atoms with Gasteiger partial charge in [0.2, 0.25) is 0 Å². The highest BCUT2D eigenvalue weighted by Gasteiger charge is 2.56. The molecule has 0 aromatic rings. The summed E-state index contributed by atoms with van der Waals surface area (Å²) in [6.07, 6.45) is -5.94. The predicted octanol–water partition coefficient (Wildman–Crippen LogP) is -2.65. The van der Waals surface area contributed by atoms with Crippen molar-refractivity contribution in [2.45, 2.75) is 30.7 Å². The normalized spacial score (nSPS) is 52.2. The predicted molar refractivity (Wildman–Crippen MR) is 32.8 cm³/mol. The van der Waals surface area contributed by atoms with Gasteiger partial charge in [0.15, 0.2) is 18.5 Å². The van der Waals surface area contributed by atoms with Crippen molar-refractivity contribution in [3.63, 3.8) is 0 Å². The van der Waals surface area contributed by atoms with Gasteiger partial charge in [-0.15, -0.1) is 0 Å². The molecule has 68 valence electrons. The van der Waals surface area contributed by atoms with Crippen LogP contribution in [-0.2, 0) is 14.3 Å². The van der Waals surface area contributed by atoms with Crippen LogP contribution >= 0.6 is 0 Å². The van der Waals surface area contributed by atoms with Crippen LogP contribution in [0.1, 0.15) is 0 Å². The second kappa shape index (κ2) is 2.40. The van der Waals surface area contributed by atoms with E-state index in [0.29, 0.717) is 0 Å². The second-order valence-corrected chi connectivity index (χ2v) is 2.83. The van der Waals surface area contributed by atoms with Gasteiger partial charge in [-0.2, -0.15) is 0 Å². The standard InChI is InChI=1S/C6H8O6/c7-1-3-4(12-5(1)9)2(8)6(10)11-3/h1-5,7-9H. The van der Waals surface area contributed by atoms with Crippen LogP contribution in [0.4, 0.5) is 0 Å². The van der Waals surface area contributed by atoms with Gasteiger partial charge >= 0.3 is 5.97 Å². The lowest BCUT2D eigenvalue weighted by Gasteiger charge is -2.10. The quantitative estimate of drug-likeness (QED) is 0.349. The van der Waals surface area contributed by atoms with Gasteiger partial charge < -0.3 is 24.8 Å². The van der Waals surface area contributed by atoms with Gasteiger partial charge in [0, 0.05) is 0 Å². The van der Waals surface area contributed by atoms with Gasteiger partial charge in [-0.25, -0.2) is 4.79 Å². The van der Waals surface area contributed by atoms with Crippen LogP contribution < -0.4 is 0 Å². The molecule has 12 heavy (non-hydrogen) atoms. The number of esters is 1. The minimum atomic E-state index is -1.40.